The average molecular weight is 418 g/mol. The van der Waals surface area contributed by atoms with Crippen LogP contribution >= 0.6 is 0 Å². The molecule has 1 aliphatic heterocycles. The zero-order valence-electron chi connectivity index (χ0n) is 16.0. The maximum Gasteiger partial charge on any atom is 0.260 e. The lowest BCUT2D eigenvalue weighted by Gasteiger charge is -2.34. The van der Waals surface area contributed by atoms with E-state index >= 15 is 0 Å². The van der Waals surface area contributed by atoms with Crippen LogP contribution in [0.15, 0.2) is 47.4 Å². The van der Waals surface area contributed by atoms with Gasteiger partial charge in [-0.3, -0.25) is 4.79 Å². The number of rotatable bonds is 5. The van der Waals surface area contributed by atoms with Crippen molar-refractivity contribution < 1.29 is 22.3 Å². The van der Waals surface area contributed by atoms with Crippen LogP contribution in [0.1, 0.15) is 17.5 Å². The number of piperazine rings is 1. The largest absolute Gasteiger partial charge is 0.484 e. The van der Waals surface area contributed by atoms with E-state index in [1.807, 2.05) is 12.1 Å². The second-order valence-electron chi connectivity index (χ2n) is 7.31. The molecule has 1 amide bonds. The molecule has 29 heavy (non-hydrogen) atoms. The van der Waals surface area contributed by atoms with Crippen LogP contribution in [0.3, 0.4) is 0 Å². The van der Waals surface area contributed by atoms with E-state index < -0.39 is 15.8 Å². The van der Waals surface area contributed by atoms with Crippen LogP contribution in [-0.2, 0) is 27.7 Å². The van der Waals surface area contributed by atoms with Gasteiger partial charge in [-0.05, 0) is 66.8 Å². The van der Waals surface area contributed by atoms with Crippen molar-refractivity contribution in [3.8, 4) is 5.75 Å². The van der Waals surface area contributed by atoms with Gasteiger partial charge < -0.3 is 9.64 Å². The summed E-state index contributed by atoms with van der Waals surface area (Å²) >= 11 is 0. The standard InChI is InChI=1S/C21H23FN2O4S/c22-18-5-8-20(9-6-18)29(26,27)24-12-10-23(11-13-24)21(25)15-28-19-7-4-16-2-1-3-17(16)14-19/h4-9,14H,1-3,10-13,15H2. The normalized spacial score (nSPS) is 17.2. The minimum absolute atomic E-state index is 0.0543. The number of ether oxygens (including phenoxy) is 1. The van der Waals surface area contributed by atoms with Crippen molar-refractivity contribution >= 4 is 15.9 Å². The van der Waals surface area contributed by atoms with E-state index in [0.29, 0.717) is 18.8 Å². The Bertz CT molecular complexity index is 1000. The summed E-state index contributed by atoms with van der Waals surface area (Å²) in [6, 6.07) is 10.7. The topological polar surface area (TPSA) is 66.9 Å². The molecule has 154 valence electrons. The fraction of sp³-hybridized carbons (Fsp3) is 0.381. The molecule has 0 aromatic heterocycles. The number of amides is 1. The lowest BCUT2D eigenvalue weighted by molar-refractivity contribution is -0.134. The first-order chi connectivity index (χ1) is 13.9. The molecule has 4 rings (SSSR count). The zero-order chi connectivity index (χ0) is 20.4. The first-order valence-electron chi connectivity index (χ1n) is 9.71. The Morgan fingerprint density at radius 1 is 0.966 bits per heavy atom. The molecule has 0 bridgehead atoms. The molecule has 0 N–H and O–H groups in total. The fourth-order valence-corrected chi connectivity index (χ4v) is 5.23. The first kappa shape index (κ1) is 19.8. The van der Waals surface area contributed by atoms with Crippen LogP contribution in [-0.4, -0.2) is 56.3 Å². The Kier molecular flexibility index (Phi) is 5.56. The molecule has 2 aromatic rings. The summed E-state index contributed by atoms with van der Waals surface area (Å²) in [6.07, 6.45) is 3.30. The summed E-state index contributed by atoms with van der Waals surface area (Å²) in [4.78, 5) is 14.1. The molecule has 2 aliphatic rings. The van der Waals surface area contributed by atoms with E-state index in [2.05, 4.69) is 6.07 Å². The van der Waals surface area contributed by atoms with Crippen LogP contribution in [0.5, 0.6) is 5.75 Å². The molecule has 0 spiro atoms. The molecule has 1 aliphatic carbocycles. The third-order valence-electron chi connectivity index (χ3n) is 5.48. The highest BCUT2D eigenvalue weighted by atomic mass is 32.2. The van der Waals surface area contributed by atoms with Crippen LogP contribution in [0.25, 0.3) is 0 Å². The summed E-state index contributed by atoms with van der Waals surface area (Å²) in [6.45, 7) is 0.928. The Morgan fingerprint density at radius 3 is 2.38 bits per heavy atom. The van der Waals surface area contributed by atoms with Crippen molar-refractivity contribution in [1.82, 2.24) is 9.21 Å². The number of sulfonamides is 1. The molecule has 1 fully saturated rings. The number of carbonyl (C=O) groups is 1. The molecule has 8 heteroatoms. The molecular weight excluding hydrogens is 395 g/mol. The predicted molar refractivity (Wildman–Crippen MR) is 106 cm³/mol. The van der Waals surface area contributed by atoms with Crippen molar-refractivity contribution in [2.45, 2.75) is 24.2 Å². The van der Waals surface area contributed by atoms with Crippen molar-refractivity contribution in [2.75, 3.05) is 32.8 Å². The molecule has 2 aromatic carbocycles. The molecule has 0 atom stereocenters. The Labute approximate surface area is 169 Å². The van der Waals surface area contributed by atoms with Gasteiger partial charge in [0.2, 0.25) is 10.0 Å². The van der Waals surface area contributed by atoms with Gasteiger partial charge in [0.05, 0.1) is 4.90 Å². The van der Waals surface area contributed by atoms with Crippen molar-refractivity contribution in [3.05, 3.63) is 59.4 Å². The smallest absolute Gasteiger partial charge is 0.260 e. The third-order valence-corrected chi connectivity index (χ3v) is 7.39. The number of fused-ring (bicyclic) bond motifs is 1. The fourth-order valence-electron chi connectivity index (χ4n) is 3.81. The van der Waals surface area contributed by atoms with Gasteiger partial charge in [-0.2, -0.15) is 4.31 Å². The van der Waals surface area contributed by atoms with Crippen molar-refractivity contribution in [2.24, 2.45) is 0 Å². The number of halogens is 1. The molecule has 1 heterocycles. The second kappa shape index (κ2) is 8.12. The molecule has 0 radical (unpaired) electrons. The van der Waals surface area contributed by atoms with E-state index in [-0.39, 0.29) is 30.5 Å². The maximum absolute atomic E-state index is 13.1. The minimum Gasteiger partial charge on any atom is -0.484 e. The molecule has 0 saturated carbocycles. The van der Waals surface area contributed by atoms with E-state index in [0.717, 1.165) is 31.4 Å². The highest BCUT2D eigenvalue weighted by Crippen LogP contribution is 2.26. The lowest BCUT2D eigenvalue weighted by Crippen LogP contribution is -2.51. The zero-order valence-corrected chi connectivity index (χ0v) is 16.8. The Balaban J connectivity index is 1.31. The lowest BCUT2D eigenvalue weighted by atomic mass is 10.1. The van der Waals surface area contributed by atoms with E-state index in [9.17, 15) is 17.6 Å². The van der Waals surface area contributed by atoms with Gasteiger partial charge in [-0.25, -0.2) is 12.8 Å². The van der Waals surface area contributed by atoms with Crippen LogP contribution in [0.2, 0.25) is 0 Å². The average Bonchev–Trinajstić information content (AvgIpc) is 3.20. The number of nitrogens with zero attached hydrogens (tertiary/aromatic N) is 2. The molecular formula is C21H23FN2O4S. The van der Waals surface area contributed by atoms with E-state index in [1.165, 1.54) is 27.6 Å². The SMILES string of the molecule is O=C(COc1ccc2c(c1)CCC2)N1CCN(S(=O)(=O)c2ccc(F)cc2)CC1. The second-order valence-corrected chi connectivity index (χ2v) is 9.25. The number of aryl methyl sites for hydroxylation is 2. The van der Waals surface area contributed by atoms with Crippen LogP contribution in [0, 0.1) is 5.82 Å². The Hall–Kier alpha value is -2.45. The van der Waals surface area contributed by atoms with Gasteiger partial charge in [0.25, 0.3) is 5.91 Å². The first-order valence-corrected chi connectivity index (χ1v) is 11.2. The number of benzene rings is 2. The Morgan fingerprint density at radius 2 is 1.66 bits per heavy atom. The van der Waals surface area contributed by atoms with Gasteiger partial charge in [0, 0.05) is 26.2 Å². The quantitative estimate of drug-likeness (QED) is 0.747. The van der Waals surface area contributed by atoms with Gasteiger partial charge >= 0.3 is 0 Å². The van der Waals surface area contributed by atoms with Gasteiger partial charge in [-0.15, -0.1) is 0 Å². The molecule has 1 saturated heterocycles. The molecule has 6 nitrogen and oxygen atoms in total. The van der Waals surface area contributed by atoms with Crippen molar-refractivity contribution in [1.29, 1.82) is 0 Å². The van der Waals surface area contributed by atoms with Gasteiger partial charge in [0.15, 0.2) is 6.61 Å². The maximum atomic E-state index is 13.1. The third kappa shape index (κ3) is 4.28. The van der Waals surface area contributed by atoms with Crippen LogP contribution < -0.4 is 4.74 Å². The number of hydrogen-bond acceptors (Lipinski definition) is 4. The molecule has 0 unspecified atom stereocenters. The number of carbonyl (C=O) groups excluding carboxylic acids is 1. The summed E-state index contributed by atoms with van der Waals surface area (Å²) in [7, 11) is -3.69. The van der Waals surface area contributed by atoms with E-state index in [1.54, 1.807) is 4.90 Å². The van der Waals surface area contributed by atoms with Gasteiger partial charge in [-0.1, -0.05) is 6.07 Å². The summed E-state index contributed by atoms with van der Waals surface area (Å²) in [5.74, 6) is 0.0450. The number of hydrogen-bond donors (Lipinski definition) is 0. The predicted octanol–water partition coefficient (Wildman–Crippen LogP) is 2.23. The van der Waals surface area contributed by atoms with Crippen molar-refractivity contribution in [3.63, 3.8) is 0 Å². The summed E-state index contributed by atoms with van der Waals surface area (Å²) < 4.78 is 45.3. The summed E-state index contributed by atoms with van der Waals surface area (Å²) in [5.41, 5.74) is 2.64. The van der Waals surface area contributed by atoms with Gasteiger partial charge in [0.1, 0.15) is 11.6 Å². The monoisotopic (exact) mass is 418 g/mol. The summed E-state index contributed by atoms with van der Waals surface area (Å²) in [5, 5.41) is 0. The van der Waals surface area contributed by atoms with Crippen LogP contribution in [0.4, 0.5) is 4.39 Å². The highest BCUT2D eigenvalue weighted by molar-refractivity contribution is 7.89. The highest BCUT2D eigenvalue weighted by Gasteiger charge is 2.30. The minimum atomic E-state index is -3.69. The van der Waals surface area contributed by atoms with E-state index in [4.69, 9.17) is 4.74 Å².